The van der Waals surface area contributed by atoms with E-state index in [1.54, 1.807) is 0 Å². The lowest BCUT2D eigenvalue weighted by atomic mass is 9.94. The van der Waals surface area contributed by atoms with E-state index < -0.39 is 0 Å². The maximum atomic E-state index is 12.2. The van der Waals surface area contributed by atoms with Crippen molar-refractivity contribution in [3.05, 3.63) is 0 Å². The Bertz CT molecular complexity index is 244. The van der Waals surface area contributed by atoms with Gasteiger partial charge in [-0.15, -0.1) is 0 Å². The molecule has 1 amide bonds. The molecule has 2 heterocycles. The topological polar surface area (TPSA) is 41.6 Å². The Labute approximate surface area is 104 Å². The number of hydrogen-bond donors (Lipinski definition) is 1. The van der Waals surface area contributed by atoms with Gasteiger partial charge >= 0.3 is 0 Å². The molecule has 0 bridgehead atoms. The van der Waals surface area contributed by atoms with Crippen molar-refractivity contribution in [2.24, 2.45) is 11.8 Å². The molecule has 0 aliphatic carbocycles. The van der Waals surface area contributed by atoms with E-state index in [0.717, 1.165) is 57.8 Å². The number of amides is 1. The molecular formula is C13H24N2O2. The smallest absolute Gasteiger partial charge is 0.228 e. The van der Waals surface area contributed by atoms with Crippen LogP contribution in [0, 0.1) is 11.8 Å². The zero-order valence-electron chi connectivity index (χ0n) is 10.8. The second kappa shape index (κ2) is 6.36. The van der Waals surface area contributed by atoms with Crippen LogP contribution in [0.4, 0.5) is 0 Å². The van der Waals surface area contributed by atoms with E-state index >= 15 is 0 Å². The van der Waals surface area contributed by atoms with Gasteiger partial charge in [0.15, 0.2) is 0 Å². The first kappa shape index (κ1) is 12.8. The molecule has 98 valence electrons. The van der Waals surface area contributed by atoms with E-state index in [0.29, 0.717) is 12.5 Å². The van der Waals surface area contributed by atoms with E-state index in [1.165, 1.54) is 0 Å². The van der Waals surface area contributed by atoms with Gasteiger partial charge in [0.05, 0.1) is 12.5 Å². The number of likely N-dealkylation sites (tertiary alicyclic amines) is 1. The molecule has 2 rings (SSSR count). The van der Waals surface area contributed by atoms with E-state index in [-0.39, 0.29) is 5.92 Å². The predicted octanol–water partition coefficient (Wildman–Crippen LogP) is 0.871. The molecule has 4 nitrogen and oxygen atoms in total. The van der Waals surface area contributed by atoms with Crippen LogP contribution in [0.2, 0.25) is 0 Å². The van der Waals surface area contributed by atoms with Crippen molar-refractivity contribution >= 4 is 5.91 Å². The molecule has 0 aromatic carbocycles. The number of ether oxygens (including phenoxy) is 1. The van der Waals surface area contributed by atoms with Crippen LogP contribution in [-0.4, -0.2) is 50.7 Å². The maximum Gasteiger partial charge on any atom is 0.228 e. The number of carbonyl (C=O) groups is 1. The summed E-state index contributed by atoms with van der Waals surface area (Å²) in [5.74, 6) is 1.20. The summed E-state index contributed by atoms with van der Waals surface area (Å²) in [7, 11) is 2.00. The summed E-state index contributed by atoms with van der Waals surface area (Å²) in [5.41, 5.74) is 0. The molecule has 0 aromatic heterocycles. The van der Waals surface area contributed by atoms with Gasteiger partial charge in [0, 0.05) is 19.7 Å². The normalized spacial score (nSPS) is 27.1. The quantitative estimate of drug-likeness (QED) is 0.796. The standard InChI is InChI=1S/C13H24N2O2/c1-14-9-11-4-6-15(7-5-11)13(16)12-3-2-8-17-10-12/h11-12,14H,2-10H2,1H3. The molecule has 2 aliphatic heterocycles. The van der Waals surface area contributed by atoms with Crippen molar-refractivity contribution in [2.45, 2.75) is 25.7 Å². The number of piperidine rings is 1. The molecular weight excluding hydrogens is 216 g/mol. The third-order valence-electron chi connectivity index (χ3n) is 3.93. The maximum absolute atomic E-state index is 12.2. The van der Waals surface area contributed by atoms with Gasteiger partial charge in [0.1, 0.15) is 0 Å². The Morgan fingerprint density at radius 3 is 2.71 bits per heavy atom. The monoisotopic (exact) mass is 240 g/mol. The molecule has 2 fully saturated rings. The number of nitrogens with zero attached hydrogens (tertiary/aromatic N) is 1. The van der Waals surface area contributed by atoms with Crippen LogP contribution in [0.25, 0.3) is 0 Å². The average molecular weight is 240 g/mol. The summed E-state index contributed by atoms with van der Waals surface area (Å²) in [5, 5.41) is 3.22. The zero-order chi connectivity index (χ0) is 12.1. The van der Waals surface area contributed by atoms with Gasteiger partial charge in [-0.2, -0.15) is 0 Å². The average Bonchev–Trinajstić information content (AvgIpc) is 2.40. The number of carbonyl (C=O) groups excluding carboxylic acids is 1. The third kappa shape index (κ3) is 3.42. The van der Waals surface area contributed by atoms with Crippen LogP contribution >= 0.6 is 0 Å². The molecule has 1 N–H and O–H groups in total. The largest absolute Gasteiger partial charge is 0.381 e. The van der Waals surface area contributed by atoms with Crippen molar-refractivity contribution < 1.29 is 9.53 Å². The summed E-state index contributed by atoms with van der Waals surface area (Å²) < 4.78 is 5.40. The summed E-state index contributed by atoms with van der Waals surface area (Å²) in [4.78, 5) is 14.3. The Kier molecular flexibility index (Phi) is 4.80. The number of hydrogen-bond acceptors (Lipinski definition) is 3. The van der Waals surface area contributed by atoms with Crippen molar-refractivity contribution in [1.82, 2.24) is 10.2 Å². The van der Waals surface area contributed by atoms with Crippen LogP contribution in [0.1, 0.15) is 25.7 Å². The molecule has 0 aromatic rings. The van der Waals surface area contributed by atoms with Crippen molar-refractivity contribution in [3.8, 4) is 0 Å². The summed E-state index contributed by atoms with van der Waals surface area (Å²) in [6.07, 6.45) is 4.32. The lowest BCUT2D eigenvalue weighted by molar-refractivity contribution is -0.141. The second-order valence-corrected chi connectivity index (χ2v) is 5.24. The first-order valence-corrected chi connectivity index (χ1v) is 6.82. The predicted molar refractivity (Wildman–Crippen MR) is 66.8 cm³/mol. The Morgan fingerprint density at radius 1 is 1.35 bits per heavy atom. The highest BCUT2D eigenvalue weighted by molar-refractivity contribution is 5.79. The zero-order valence-corrected chi connectivity index (χ0v) is 10.8. The first-order chi connectivity index (χ1) is 8.31. The highest BCUT2D eigenvalue weighted by atomic mass is 16.5. The van der Waals surface area contributed by atoms with E-state index in [9.17, 15) is 4.79 Å². The Morgan fingerprint density at radius 2 is 2.12 bits per heavy atom. The van der Waals surface area contributed by atoms with E-state index in [4.69, 9.17) is 4.74 Å². The van der Waals surface area contributed by atoms with Crippen LogP contribution in [-0.2, 0) is 9.53 Å². The molecule has 1 unspecified atom stereocenters. The first-order valence-electron chi connectivity index (χ1n) is 6.82. The van der Waals surface area contributed by atoms with Gasteiger partial charge in [0.25, 0.3) is 0 Å². The van der Waals surface area contributed by atoms with Crippen LogP contribution < -0.4 is 5.32 Å². The minimum atomic E-state index is 0.129. The fraction of sp³-hybridized carbons (Fsp3) is 0.923. The Balaban J connectivity index is 1.77. The minimum Gasteiger partial charge on any atom is -0.381 e. The molecule has 2 saturated heterocycles. The van der Waals surface area contributed by atoms with Crippen molar-refractivity contribution in [2.75, 3.05) is 39.9 Å². The molecule has 0 spiro atoms. The highest BCUT2D eigenvalue weighted by Gasteiger charge is 2.29. The van der Waals surface area contributed by atoms with Crippen LogP contribution in [0.15, 0.2) is 0 Å². The third-order valence-corrected chi connectivity index (χ3v) is 3.93. The van der Waals surface area contributed by atoms with Gasteiger partial charge in [-0.05, 0) is 45.2 Å². The summed E-state index contributed by atoms with van der Waals surface area (Å²) in [6.45, 7) is 4.40. The molecule has 4 heteroatoms. The lowest BCUT2D eigenvalue weighted by Gasteiger charge is -2.35. The fourth-order valence-corrected chi connectivity index (χ4v) is 2.84. The van der Waals surface area contributed by atoms with E-state index in [1.807, 2.05) is 11.9 Å². The molecule has 0 saturated carbocycles. The second-order valence-electron chi connectivity index (χ2n) is 5.24. The van der Waals surface area contributed by atoms with Gasteiger partial charge in [-0.3, -0.25) is 4.79 Å². The lowest BCUT2D eigenvalue weighted by Crippen LogP contribution is -2.44. The van der Waals surface area contributed by atoms with Gasteiger partial charge < -0.3 is 15.0 Å². The molecule has 0 radical (unpaired) electrons. The molecule has 2 aliphatic rings. The van der Waals surface area contributed by atoms with E-state index in [2.05, 4.69) is 5.32 Å². The molecule has 1 atom stereocenters. The van der Waals surface area contributed by atoms with Gasteiger partial charge in [0.2, 0.25) is 5.91 Å². The SMILES string of the molecule is CNCC1CCN(C(=O)C2CCCOC2)CC1. The summed E-state index contributed by atoms with van der Waals surface area (Å²) in [6, 6.07) is 0. The van der Waals surface area contributed by atoms with Gasteiger partial charge in [-0.25, -0.2) is 0 Å². The Hall–Kier alpha value is -0.610. The van der Waals surface area contributed by atoms with Crippen molar-refractivity contribution in [3.63, 3.8) is 0 Å². The minimum absolute atomic E-state index is 0.129. The number of nitrogens with one attached hydrogen (secondary N) is 1. The van der Waals surface area contributed by atoms with Crippen LogP contribution in [0.5, 0.6) is 0 Å². The molecule has 17 heavy (non-hydrogen) atoms. The van der Waals surface area contributed by atoms with Gasteiger partial charge in [-0.1, -0.05) is 0 Å². The fourth-order valence-electron chi connectivity index (χ4n) is 2.84. The van der Waals surface area contributed by atoms with Crippen molar-refractivity contribution in [1.29, 1.82) is 0 Å². The number of rotatable bonds is 3. The highest BCUT2D eigenvalue weighted by Crippen LogP contribution is 2.21. The van der Waals surface area contributed by atoms with Crippen LogP contribution in [0.3, 0.4) is 0 Å². The summed E-state index contributed by atoms with van der Waals surface area (Å²) >= 11 is 0.